The SMILES string of the molecule is CC(C)c1cc(C(C)C)c(S(=O)(=O)O)c(C(C)C)c1S(C)(=O)=O. The van der Waals surface area contributed by atoms with Gasteiger partial charge in [0.15, 0.2) is 9.84 Å². The fraction of sp³-hybridized carbons (Fsp3) is 0.625. The molecule has 1 N–H and O–H groups in total. The molecular weight excluding hydrogens is 336 g/mol. The second-order valence-electron chi connectivity index (χ2n) is 6.84. The Bertz CT molecular complexity index is 739. The summed E-state index contributed by atoms with van der Waals surface area (Å²) in [6, 6.07) is 1.61. The Morgan fingerprint density at radius 2 is 1.17 bits per heavy atom. The van der Waals surface area contributed by atoms with Crippen LogP contribution in [0.4, 0.5) is 0 Å². The van der Waals surface area contributed by atoms with Gasteiger partial charge in [-0.2, -0.15) is 8.42 Å². The Hall–Kier alpha value is -0.920. The van der Waals surface area contributed by atoms with Gasteiger partial charge in [0.25, 0.3) is 10.1 Å². The quantitative estimate of drug-likeness (QED) is 0.807. The molecule has 0 radical (unpaired) electrons. The third kappa shape index (κ3) is 4.14. The molecule has 7 heteroatoms. The molecule has 1 aromatic rings. The predicted molar refractivity (Wildman–Crippen MR) is 91.6 cm³/mol. The van der Waals surface area contributed by atoms with Crippen LogP contribution in [0.3, 0.4) is 0 Å². The summed E-state index contributed by atoms with van der Waals surface area (Å²) in [5.74, 6) is -0.631. The zero-order valence-electron chi connectivity index (χ0n) is 14.7. The fourth-order valence-corrected chi connectivity index (χ4v) is 5.53. The lowest BCUT2D eigenvalue weighted by atomic mass is 9.89. The summed E-state index contributed by atoms with van der Waals surface area (Å²) >= 11 is 0. The average Bonchev–Trinajstić information content (AvgIpc) is 2.33. The minimum atomic E-state index is -4.54. The highest BCUT2D eigenvalue weighted by Gasteiger charge is 2.32. The van der Waals surface area contributed by atoms with Crippen molar-refractivity contribution < 1.29 is 21.4 Å². The van der Waals surface area contributed by atoms with E-state index in [-0.39, 0.29) is 33.1 Å². The van der Waals surface area contributed by atoms with E-state index in [0.717, 1.165) is 6.26 Å². The first-order chi connectivity index (χ1) is 10.2. The maximum absolute atomic E-state index is 12.4. The van der Waals surface area contributed by atoms with Gasteiger partial charge in [-0.25, -0.2) is 8.42 Å². The molecular formula is C16H26O5S2. The van der Waals surface area contributed by atoms with Crippen LogP contribution < -0.4 is 0 Å². The lowest BCUT2D eigenvalue weighted by Gasteiger charge is -2.25. The first-order valence-electron chi connectivity index (χ1n) is 7.57. The van der Waals surface area contributed by atoms with Crippen LogP contribution in [-0.2, 0) is 20.0 Å². The first kappa shape index (κ1) is 20.1. The largest absolute Gasteiger partial charge is 0.295 e. The van der Waals surface area contributed by atoms with Crippen LogP contribution in [-0.4, -0.2) is 27.6 Å². The third-order valence-corrected chi connectivity index (χ3v) is 5.94. The van der Waals surface area contributed by atoms with Gasteiger partial charge in [0.05, 0.1) is 4.90 Å². The number of sulfone groups is 1. The number of hydrogen-bond acceptors (Lipinski definition) is 4. The normalized spacial score (nSPS) is 13.3. The molecule has 1 rings (SSSR count). The summed E-state index contributed by atoms with van der Waals surface area (Å²) in [5, 5.41) is 0. The summed E-state index contributed by atoms with van der Waals surface area (Å²) in [7, 11) is -8.20. The summed E-state index contributed by atoms with van der Waals surface area (Å²) in [6.07, 6.45) is 1.07. The zero-order chi connectivity index (χ0) is 18.3. The Balaban J connectivity index is 4.29. The lowest BCUT2D eigenvalue weighted by molar-refractivity contribution is 0.478. The molecule has 0 saturated heterocycles. The molecule has 0 fully saturated rings. The predicted octanol–water partition coefficient (Wildman–Crippen LogP) is 3.71. The summed E-state index contributed by atoms with van der Waals surface area (Å²) in [4.78, 5) is -0.230. The van der Waals surface area contributed by atoms with Crippen LogP contribution in [0.5, 0.6) is 0 Å². The van der Waals surface area contributed by atoms with Gasteiger partial charge < -0.3 is 0 Å². The van der Waals surface area contributed by atoms with E-state index in [1.165, 1.54) is 0 Å². The van der Waals surface area contributed by atoms with Crippen molar-refractivity contribution >= 4 is 20.0 Å². The number of rotatable bonds is 5. The van der Waals surface area contributed by atoms with Crippen LogP contribution >= 0.6 is 0 Å². The van der Waals surface area contributed by atoms with E-state index in [1.807, 2.05) is 27.7 Å². The average molecular weight is 363 g/mol. The van der Waals surface area contributed by atoms with Gasteiger partial charge in [0.1, 0.15) is 4.90 Å². The van der Waals surface area contributed by atoms with E-state index >= 15 is 0 Å². The maximum atomic E-state index is 12.4. The fourth-order valence-electron chi connectivity index (χ4n) is 2.80. The molecule has 0 unspecified atom stereocenters. The van der Waals surface area contributed by atoms with Crippen LogP contribution in [0.1, 0.15) is 76.0 Å². The molecule has 0 amide bonds. The van der Waals surface area contributed by atoms with Crippen molar-refractivity contribution in [3.63, 3.8) is 0 Å². The van der Waals surface area contributed by atoms with Crippen molar-refractivity contribution in [1.82, 2.24) is 0 Å². The Labute approximate surface area is 139 Å². The van der Waals surface area contributed by atoms with Crippen LogP contribution in [0, 0.1) is 0 Å². The van der Waals surface area contributed by atoms with Crippen molar-refractivity contribution in [3.05, 3.63) is 22.8 Å². The number of hydrogen-bond donors (Lipinski definition) is 1. The van der Waals surface area contributed by atoms with Gasteiger partial charge in [0.2, 0.25) is 0 Å². The molecule has 0 atom stereocenters. The second kappa shape index (κ2) is 6.53. The molecule has 1 aromatic carbocycles. The van der Waals surface area contributed by atoms with Crippen LogP contribution in [0.2, 0.25) is 0 Å². The van der Waals surface area contributed by atoms with Gasteiger partial charge in [-0.15, -0.1) is 0 Å². The lowest BCUT2D eigenvalue weighted by Crippen LogP contribution is -2.17. The Morgan fingerprint density at radius 1 is 0.783 bits per heavy atom. The number of benzene rings is 1. The van der Waals surface area contributed by atoms with E-state index < -0.39 is 20.0 Å². The molecule has 0 aliphatic heterocycles. The highest BCUT2D eigenvalue weighted by molar-refractivity contribution is 7.91. The van der Waals surface area contributed by atoms with Gasteiger partial charge >= 0.3 is 0 Å². The highest BCUT2D eigenvalue weighted by Crippen LogP contribution is 2.40. The molecule has 0 bridgehead atoms. The van der Waals surface area contributed by atoms with Gasteiger partial charge in [-0.1, -0.05) is 47.6 Å². The molecule has 0 aliphatic carbocycles. The molecule has 132 valence electrons. The Kier molecular flexibility index (Phi) is 5.71. The summed E-state index contributed by atoms with van der Waals surface area (Å²) < 4.78 is 58.5. The summed E-state index contributed by atoms with van der Waals surface area (Å²) in [6.45, 7) is 10.8. The topological polar surface area (TPSA) is 88.5 Å². The third-order valence-electron chi connectivity index (χ3n) is 3.77. The van der Waals surface area contributed by atoms with Gasteiger partial charge in [-0.3, -0.25) is 4.55 Å². The van der Waals surface area contributed by atoms with E-state index in [4.69, 9.17) is 0 Å². The maximum Gasteiger partial charge on any atom is 0.295 e. The molecule has 0 aliphatic rings. The smallest absolute Gasteiger partial charge is 0.282 e. The zero-order valence-corrected chi connectivity index (χ0v) is 16.3. The van der Waals surface area contributed by atoms with Crippen molar-refractivity contribution in [3.8, 4) is 0 Å². The van der Waals surface area contributed by atoms with Crippen LogP contribution in [0.15, 0.2) is 15.9 Å². The van der Waals surface area contributed by atoms with Gasteiger partial charge in [0, 0.05) is 6.26 Å². The molecule has 5 nitrogen and oxygen atoms in total. The highest BCUT2D eigenvalue weighted by atomic mass is 32.2. The second-order valence-corrected chi connectivity index (χ2v) is 10.1. The standard InChI is InChI=1S/C16H26O5S2/c1-9(2)12-8-13(10(3)4)16(23(19,20)21)14(11(5)6)15(12)22(7,17)18/h8-11H,1-7H3,(H,19,20,21). The van der Waals surface area contributed by atoms with E-state index in [0.29, 0.717) is 11.1 Å². The van der Waals surface area contributed by atoms with Gasteiger partial charge in [-0.05, 0) is 34.4 Å². The minimum Gasteiger partial charge on any atom is -0.282 e. The molecule has 0 spiro atoms. The van der Waals surface area contributed by atoms with Crippen molar-refractivity contribution in [1.29, 1.82) is 0 Å². The van der Waals surface area contributed by atoms with Crippen molar-refractivity contribution in [2.45, 2.75) is 69.1 Å². The Morgan fingerprint density at radius 3 is 1.43 bits per heavy atom. The van der Waals surface area contributed by atoms with Crippen LogP contribution in [0.25, 0.3) is 0 Å². The van der Waals surface area contributed by atoms with Crippen molar-refractivity contribution in [2.75, 3.05) is 6.26 Å². The monoisotopic (exact) mass is 362 g/mol. The molecule has 0 heterocycles. The van der Waals surface area contributed by atoms with E-state index in [9.17, 15) is 21.4 Å². The van der Waals surface area contributed by atoms with E-state index in [2.05, 4.69) is 0 Å². The molecule has 0 saturated carbocycles. The molecule has 0 aromatic heterocycles. The first-order valence-corrected chi connectivity index (χ1v) is 10.9. The van der Waals surface area contributed by atoms with E-state index in [1.54, 1.807) is 19.9 Å². The summed E-state index contributed by atoms with van der Waals surface area (Å²) in [5.41, 5.74) is 1.23. The van der Waals surface area contributed by atoms with Crippen molar-refractivity contribution in [2.24, 2.45) is 0 Å². The minimum absolute atomic E-state index is 0.0273. The molecule has 23 heavy (non-hydrogen) atoms.